The number of nitrogens with one attached hydrogen (secondary N) is 1. The molecule has 0 fully saturated rings. The van der Waals surface area contributed by atoms with Gasteiger partial charge in [-0.05, 0) is 18.4 Å². The summed E-state index contributed by atoms with van der Waals surface area (Å²) >= 11 is 2.97. The highest BCUT2D eigenvalue weighted by molar-refractivity contribution is 8.00. The molecule has 0 aliphatic carbocycles. The van der Waals surface area contributed by atoms with Gasteiger partial charge in [0.2, 0.25) is 0 Å². The van der Waals surface area contributed by atoms with Crippen molar-refractivity contribution in [3.63, 3.8) is 0 Å². The Morgan fingerprint density at radius 3 is 2.88 bits per heavy atom. The van der Waals surface area contributed by atoms with E-state index in [9.17, 15) is 9.90 Å². The first-order chi connectivity index (χ1) is 8.20. The monoisotopic (exact) mass is 266 g/mol. The van der Waals surface area contributed by atoms with Gasteiger partial charge in [-0.1, -0.05) is 23.5 Å². The highest BCUT2D eigenvalue weighted by atomic mass is 32.2. The Kier molecular flexibility index (Phi) is 3.65. The van der Waals surface area contributed by atoms with E-state index in [0.717, 1.165) is 4.21 Å². The van der Waals surface area contributed by atoms with E-state index in [1.807, 2.05) is 6.26 Å². The second-order valence-electron chi connectivity index (χ2n) is 3.16. The zero-order valence-corrected chi connectivity index (χ0v) is 10.6. The van der Waals surface area contributed by atoms with Crippen molar-refractivity contribution in [2.45, 2.75) is 4.21 Å². The lowest BCUT2D eigenvalue weighted by Crippen LogP contribution is -2.11. The molecule has 0 saturated carbocycles. The molecule has 0 bridgehead atoms. The first-order valence-electron chi connectivity index (χ1n) is 4.80. The minimum Gasteiger partial charge on any atom is -0.507 e. The Labute approximate surface area is 107 Å². The average molecular weight is 266 g/mol. The fourth-order valence-corrected chi connectivity index (χ4v) is 2.51. The topological polar surface area (TPSA) is 62.2 Å². The number of phenols is 1. The van der Waals surface area contributed by atoms with Crippen molar-refractivity contribution in [3.05, 3.63) is 36.0 Å². The minimum atomic E-state index is -0.356. The molecule has 0 atom stereocenters. The van der Waals surface area contributed by atoms with Crippen LogP contribution in [-0.2, 0) is 0 Å². The summed E-state index contributed by atoms with van der Waals surface area (Å²) in [5.41, 5.74) is 0.244. The molecule has 1 aromatic carbocycles. The minimum absolute atomic E-state index is 0.0355. The summed E-state index contributed by atoms with van der Waals surface area (Å²) in [5, 5.41) is 12.7. The van der Waals surface area contributed by atoms with Gasteiger partial charge in [-0.15, -0.1) is 11.8 Å². The van der Waals surface area contributed by atoms with Crippen LogP contribution >= 0.6 is 23.1 Å². The van der Waals surface area contributed by atoms with Crippen LogP contribution in [-0.4, -0.2) is 22.3 Å². The van der Waals surface area contributed by atoms with Gasteiger partial charge in [0, 0.05) is 0 Å². The molecule has 88 valence electrons. The highest BCUT2D eigenvalue weighted by Gasteiger charge is 2.12. The quantitative estimate of drug-likeness (QED) is 0.839. The third-order valence-electron chi connectivity index (χ3n) is 2.05. The smallest absolute Gasteiger partial charge is 0.261 e. The van der Waals surface area contributed by atoms with Crippen molar-refractivity contribution < 1.29 is 9.90 Å². The van der Waals surface area contributed by atoms with Crippen LogP contribution in [0.1, 0.15) is 10.4 Å². The number of thioether (sulfide) groups is 1. The molecule has 0 saturated heterocycles. The van der Waals surface area contributed by atoms with Gasteiger partial charge in [-0.25, -0.2) is 4.98 Å². The second-order valence-corrected chi connectivity index (χ2v) is 5.30. The van der Waals surface area contributed by atoms with Gasteiger partial charge < -0.3 is 5.11 Å². The molecule has 0 radical (unpaired) electrons. The number of phenolic OH excluding ortho intramolecular Hbond substituents is 1. The molecular formula is C11H10N2O2S2. The summed E-state index contributed by atoms with van der Waals surface area (Å²) in [5.74, 6) is -0.392. The molecule has 4 nitrogen and oxygen atoms in total. The Bertz CT molecular complexity index is 540. The van der Waals surface area contributed by atoms with E-state index in [1.165, 1.54) is 17.4 Å². The number of hydrogen-bond acceptors (Lipinski definition) is 5. The lowest BCUT2D eigenvalue weighted by atomic mass is 10.2. The standard InChI is InChI=1S/C11H10N2O2S2/c1-16-9-6-12-11(17-9)13-10(15)7-4-2-3-5-8(7)14/h2-6,14H,1H3,(H,12,13,15). The summed E-state index contributed by atoms with van der Waals surface area (Å²) in [6.45, 7) is 0. The van der Waals surface area contributed by atoms with Crippen LogP contribution in [0.3, 0.4) is 0 Å². The molecule has 2 aromatic rings. The third-order valence-corrected chi connectivity index (χ3v) is 4.02. The predicted molar refractivity (Wildman–Crippen MR) is 70.0 cm³/mol. The average Bonchev–Trinajstić information content (AvgIpc) is 2.77. The van der Waals surface area contributed by atoms with Gasteiger partial charge in [0.05, 0.1) is 16.0 Å². The molecule has 2 rings (SSSR count). The van der Waals surface area contributed by atoms with Crippen molar-refractivity contribution in [2.75, 3.05) is 11.6 Å². The maximum atomic E-state index is 11.8. The van der Waals surface area contributed by atoms with Gasteiger partial charge in [0.25, 0.3) is 5.91 Å². The van der Waals surface area contributed by atoms with Crippen molar-refractivity contribution in [1.29, 1.82) is 0 Å². The number of amides is 1. The Morgan fingerprint density at radius 2 is 2.24 bits per heavy atom. The van der Waals surface area contributed by atoms with E-state index in [1.54, 1.807) is 36.2 Å². The van der Waals surface area contributed by atoms with Gasteiger partial charge in [0.15, 0.2) is 5.13 Å². The number of nitrogens with zero attached hydrogens (tertiary/aromatic N) is 1. The molecular weight excluding hydrogens is 256 g/mol. The van der Waals surface area contributed by atoms with E-state index in [0.29, 0.717) is 5.13 Å². The Hall–Kier alpha value is -1.53. The van der Waals surface area contributed by atoms with Gasteiger partial charge >= 0.3 is 0 Å². The summed E-state index contributed by atoms with van der Waals surface area (Å²) in [4.78, 5) is 15.9. The molecule has 0 aliphatic rings. The Morgan fingerprint density at radius 1 is 1.47 bits per heavy atom. The first-order valence-corrected chi connectivity index (χ1v) is 6.84. The van der Waals surface area contributed by atoms with Crippen LogP contribution in [0.25, 0.3) is 0 Å². The summed E-state index contributed by atoms with van der Waals surface area (Å²) in [7, 11) is 0. The number of hydrogen-bond donors (Lipinski definition) is 2. The van der Waals surface area contributed by atoms with Crippen molar-refractivity contribution in [1.82, 2.24) is 4.98 Å². The molecule has 0 unspecified atom stereocenters. The number of para-hydroxylation sites is 1. The lowest BCUT2D eigenvalue weighted by Gasteiger charge is -2.03. The predicted octanol–water partition coefficient (Wildman–Crippen LogP) is 2.82. The molecule has 6 heteroatoms. The summed E-state index contributed by atoms with van der Waals surface area (Å²) in [6, 6.07) is 6.41. The summed E-state index contributed by atoms with van der Waals surface area (Å²) in [6.07, 6.45) is 3.65. The molecule has 2 N–H and O–H groups in total. The van der Waals surface area contributed by atoms with Gasteiger partial charge in [-0.2, -0.15) is 0 Å². The van der Waals surface area contributed by atoms with Crippen molar-refractivity contribution >= 4 is 34.1 Å². The number of carbonyl (C=O) groups is 1. The van der Waals surface area contributed by atoms with Crippen LogP contribution in [0, 0.1) is 0 Å². The van der Waals surface area contributed by atoms with Crippen molar-refractivity contribution in [3.8, 4) is 5.75 Å². The molecule has 0 spiro atoms. The number of thiazole rings is 1. The SMILES string of the molecule is CSc1cnc(NC(=O)c2ccccc2O)s1. The maximum Gasteiger partial charge on any atom is 0.261 e. The van der Waals surface area contributed by atoms with Crippen LogP contribution in [0.4, 0.5) is 5.13 Å². The van der Waals surface area contributed by atoms with E-state index in [4.69, 9.17) is 0 Å². The molecule has 1 aromatic heterocycles. The normalized spacial score (nSPS) is 10.2. The number of anilines is 1. The first kappa shape index (κ1) is 11.9. The third kappa shape index (κ3) is 2.78. The Balaban J connectivity index is 2.14. The molecule has 1 heterocycles. The zero-order chi connectivity index (χ0) is 12.3. The maximum absolute atomic E-state index is 11.8. The largest absolute Gasteiger partial charge is 0.507 e. The van der Waals surface area contributed by atoms with Gasteiger partial charge in [0.1, 0.15) is 5.75 Å². The van der Waals surface area contributed by atoms with E-state index < -0.39 is 0 Å². The van der Waals surface area contributed by atoms with Gasteiger partial charge in [-0.3, -0.25) is 10.1 Å². The van der Waals surface area contributed by atoms with Crippen LogP contribution < -0.4 is 5.32 Å². The fourth-order valence-electron chi connectivity index (χ4n) is 1.24. The van der Waals surface area contributed by atoms with E-state index >= 15 is 0 Å². The number of aromatic hydroxyl groups is 1. The number of carbonyl (C=O) groups excluding carboxylic acids is 1. The molecule has 0 aliphatic heterocycles. The second kappa shape index (κ2) is 5.20. The molecule has 17 heavy (non-hydrogen) atoms. The summed E-state index contributed by atoms with van der Waals surface area (Å²) < 4.78 is 1.03. The van der Waals surface area contributed by atoms with Crippen molar-refractivity contribution in [2.24, 2.45) is 0 Å². The van der Waals surface area contributed by atoms with E-state index in [-0.39, 0.29) is 17.2 Å². The number of rotatable bonds is 3. The van der Waals surface area contributed by atoms with Crippen LogP contribution in [0.5, 0.6) is 5.75 Å². The number of benzene rings is 1. The zero-order valence-electron chi connectivity index (χ0n) is 9.01. The highest BCUT2D eigenvalue weighted by Crippen LogP contribution is 2.27. The van der Waals surface area contributed by atoms with Crippen LogP contribution in [0.15, 0.2) is 34.7 Å². The van der Waals surface area contributed by atoms with E-state index in [2.05, 4.69) is 10.3 Å². The molecule has 1 amide bonds. The van der Waals surface area contributed by atoms with Crippen LogP contribution in [0.2, 0.25) is 0 Å². The fraction of sp³-hybridized carbons (Fsp3) is 0.0909. The lowest BCUT2D eigenvalue weighted by molar-refractivity contribution is 0.102. The number of aromatic nitrogens is 1.